The van der Waals surface area contributed by atoms with Crippen LogP contribution in [0.25, 0.3) is 0 Å². The zero-order chi connectivity index (χ0) is 15.0. The molecule has 0 atom stereocenters. The molecule has 0 radical (unpaired) electrons. The molecule has 106 valence electrons. The van der Waals surface area contributed by atoms with Crippen molar-refractivity contribution < 1.29 is 14.3 Å². The number of aliphatic hydroxyl groups is 1. The molecular formula is C13H16Cl2FNO2. The van der Waals surface area contributed by atoms with Gasteiger partial charge < -0.3 is 10.4 Å². The van der Waals surface area contributed by atoms with Gasteiger partial charge in [-0.05, 0) is 39.8 Å². The largest absolute Gasteiger partial charge is 0.388 e. The van der Waals surface area contributed by atoms with E-state index in [1.165, 1.54) is 6.07 Å². The van der Waals surface area contributed by atoms with Crippen molar-refractivity contribution in [2.24, 2.45) is 0 Å². The van der Waals surface area contributed by atoms with Crippen LogP contribution in [0.2, 0.25) is 10.0 Å². The molecule has 0 unspecified atom stereocenters. The van der Waals surface area contributed by atoms with Crippen LogP contribution in [0.4, 0.5) is 4.39 Å². The molecule has 0 aliphatic rings. The zero-order valence-electron chi connectivity index (χ0n) is 11.1. The monoisotopic (exact) mass is 307 g/mol. The molecule has 1 amide bonds. The molecule has 0 saturated heterocycles. The summed E-state index contributed by atoms with van der Waals surface area (Å²) < 4.78 is 13.4. The average molecular weight is 308 g/mol. The second kappa shape index (κ2) is 5.27. The predicted molar refractivity (Wildman–Crippen MR) is 74.3 cm³/mol. The Bertz CT molecular complexity index is 510. The maximum Gasteiger partial charge on any atom is 0.253 e. The van der Waals surface area contributed by atoms with E-state index in [9.17, 15) is 14.3 Å². The summed E-state index contributed by atoms with van der Waals surface area (Å²) in [6, 6.07) is 2.14. The third kappa shape index (κ3) is 3.59. The topological polar surface area (TPSA) is 49.3 Å². The second-order valence-corrected chi connectivity index (χ2v) is 6.20. The first-order valence-corrected chi connectivity index (χ1v) is 6.41. The number of carbonyl (C=O) groups is 1. The molecule has 0 saturated carbocycles. The Hall–Kier alpha value is -0.840. The molecule has 2 N–H and O–H groups in total. The molecule has 3 nitrogen and oxygen atoms in total. The highest BCUT2D eigenvalue weighted by Crippen LogP contribution is 2.26. The molecule has 0 heterocycles. The van der Waals surface area contributed by atoms with E-state index >= 15 is 0 Å². The van der Waals surface area contributed by atoms with Gasteiger partial charge in [-0.25, -0.2) is 4.39 Å². The Morgan fingerprint density at radius 3 is 2.21 bits per heavy atom. The minimum atomic E-state index is -1.15. The summed E-state index contributed by atoms with van der Waals surface area (Å²) in [6.07, 6.45) is 0. The number of halogens is 3. The first-order chi connectivity index (χ1) is 8.45. The lowest BCUT2D eigenvalue weighted by molar-refractivity contribution is -0.00293. The van der Waals surface area contributed by atoms with Crippen molar-refractivity contribution in [1.29, 1.82) is 0 Å². The predicted octanol–water partition coefficient (Wildman–Crippen LogP) is 3.41. The van der Waals surface area contributed by atoms with E-state index in [0.29, 0.717) is 0 Å². The van der Waals surface area contributed by atoms with Crippen molar-refractivity contribution in [3.63, 3.8) is 0 Å². The van der Waals surface area contributed by atoms with Crippen LogP contribution in [0.5, 0.6) is 0 Å². The van der Waals surface area contributed by atoms with Crippen molar-refractivity contribution >= 4 is 29.1 Å². The smallest absolute Gasteiger partial charge is 0.253 e. The number of amides is 1. The molecule has 1 rings (SSSR count). The fraction of sp³-hybridized carbons (Fsp3) is 0.462. The first-order valence-electron chi connectivity index (χ1n) is 5.65. The molecule has 1 aromatic carbocycles. The summed E-state index contributed by atoms with van der Waals surface area (Å²) in [6.45, 7) is 6.45. The number of nitrogens with one attached hydrogen (secondary N) is 1. The second-order valence-electron chi connectivity index (χ2n) is 5.38. The normalized spacial score (nSPS) is 12.4. The lowest BCUT2D eigenvalue weighted by Gasteiger charge is -2.38. The Morgan fingerprint density at radius 2 is 1.74 bits per heavy atom. The van der Waals surface area contributed by atoms with Crippen LogP contribution in [0.15, 0.2) is 12.1 Å². The van der Waals surface area contributed by atoms with E-state index in [0.717, 1.165) is 6.07 Å². The van der Waals surface area contributed by atoms with Gasteiger partial charge in [-0.15, -0.1) is 0 Å². The van der Waals surface area contributed by atoms with E-state index in [1.807, 2.05) is 0 Å². The van der Waals surface area contributed by atoms with Gasteiger partial charge in [-0.3, -0.25) is 4.79 Å². The first kappa shape index (κ1) is 16.2. The summed E-state index contributed by atoms with van der Waals surface area (Å²) in [5.74, 6) is -1.30. The van der Waals surface area contributed by atoms with Crippen LogP contribution < -0.4 is 5.32 Å². The molecule has 0 aliphatic carbocycles. The third-order valence-corrected chi connectivity index (χ3v) is 3.81. The minimum Gasteiger partial charge on any atom is -0.388 e. The van der Waals surface area contributed by atoms with Gasteiger partial charge >= 0.3 is 0 Å². The highest BCUT2D eigenvalue weighted by Gasteiger charge is 2.36. The summed E-state index contributed by atoms with van der Waals surface area (Å²) in [4.78, 5) is 12.1. The van der Waals surface area contributed by atoms with Crippen LogP contribution in [0, 0.1) is 5.82 Å². The van der Waals surface area contributed by atoms with E-state index in [2.05, 4.69) is 5.32 Å². The Labute approximate surface area is 121 Å². The van der Waals surface area contributed by atoms with Crippen LogP contribution in [-0.2, 0) is 0 Å². The third-order valence-electron chi connectivity index (χ3n) is 3.21. The van der Waals surface area contributed by atoms with Gasteiger partial charge in [0.1, 0.15) is 5.82 Å². The lowest BCUT2D eigenvalue weighted by Crippen LogP contribution is -2.57. The van der Waals surface area contributed by atoms with Gasteiger partial charge in [0.2, 0.25) is 0 Å². The SMILES string of the molecule is CC(C)(O)C(C)(C)NC(=O)c1cc(F)c(Cl)cc1Cl. The van der Waals surface area contributed by atoms with Crippen LogP contribution in [-0.4, -0.2) is 22.2 Å². The van der Waals surface area contributed by atoms with Crippen molar-refractivity contribution in [1.82, 2.24) is 5.32 Å². The van der Waals surface area contributed by atoms with E-state index in [-0.39, 0.29) is 15.6 Å². The van der Waals surface area contributed by atoms with E-state index < -0.39 is 22.9 Å². The molecule has 19 heavy (non-hydrogen) atoms. The summed E-state index contributed by atoms with van der Waals surface area (Å²) in [5, 5.41) is 12.5. The molecule has 0 fully saturated rings. The van der Waals surface area contributed by atoms with Gasteiger partial charge in [0.25, 0.3) is 5.91 Å². The van der Waals surface area contributed by atoms with Gasteiger partial charge in [-0.2, -0.15) is 0 Å². The van der Waals surface area contributed by atoms with Crippen molar-refractivity contribution in [2.45, 2.75) is 38.8 Å². The molecule has 1 aromatic rings. The number of hydrogen-bond donors (Lipinski definition) is 2. The summed E-state index contributed by atoms with van der Waals surface area (Å²) in [5.41, 5.74) is -2.09. The minimum absolute atomic E-state index is 0.0270. The van der Waals surface area contributed by atoms with Gasteiger partial charge in [-0.1, -0.05) is 23.2 Å². The molecule has 0 aliphatic heterocycles. The maximum atomic E-state index is 13.4. The van der Waals surface area contributed by atoms with Gasteiger partial charge in [0.15, 0.2) is 0 Å². The van der Waals surface area contributed by atoms with Gasteiger partial charge in [0, 0.05) is 0 Å². The van der Waals surface area contributed by atoms with Crippen molar-refractivity contribution in [3.8, 4) is 0 Å². The quantitative estimate of drug-likeness (QED) is 0.841. The fourth-order valence-electron chi connectivity index (χ4n) is 1.20. The highest BCUT2D eigenvalue weighted by atomic mass is 35.5. The number of rotatable bonds is 3. The summed E-state index contributed by atoms with van der Waals surface area (Å²) >= 11 is 11.4. The Kier molecular flexibility index (Phi) is 4.50. The molecule has 0 spiro atoms. The molecule has 6 heteroatoms. The lowest BCUT2D eigenvalue weighted by atomic mass is 9.85. The molecular weight excluding hydrogens is 292 g/mol. The highest BCUT2D eigenvalue weighted by molar-refractivity contribution is 6.36. The number of benzene rings is 1. The van der Waals surface area contributed by atoms with Crippen molar-refractivity contribution in [2.75, 3.05) is 0 Å². The molecule has 0 aromatic heterocycles. The number of carbonyl (C=O) groups excluding carboxylic acids is 1. The van der Waals surface area contributed by atoms with Crippen LogP contribution in [0.1, 0.15) is 38.1 Å². The zero-order valence-corrected chi connectivity index (χ0v) is 12.7. The Balaban J connectivity index is 3.06. The van der Waals surface area contributed by atoms with E-state index in [4.69, 9.17) is 23.2 Å². The van der Waals surface area contributed by atoms with Crippen molar-refractivity contribution in [3.05, 3.63) is 33.6 Å². The fourth-order valence-corrected chi connectivity index (χ4v) is 1.67. The van der Waals surface area contributed by atoms with Crippen LogP contribution >= 0.6 is 23.2 Å². The maximum absolute atomic E-state index is 13.4. The average Bonchev–Trinajstić information content (AvgIpc) is 2.20. The molecule has 0 bridgehead atoms. The standard InChI is InChI=1S/C13H16Cl2FNO2/c1-12(2,13(3,4)19)17-11(18)7-5-10(16)9(15)6-8(7)14/h5-6,19H,1-4H3,(H,17,18). The number of hydrogen-bond acceptors (Lipinski definition) is 2. The van der Waals surface area contributed by atoms with Gasteiger partial charge in [0.05, 0.1) is 26.7 Å². The summed E-state index contributed by atoms with van der Waals surface area (Å²) in [7, 11) is 0. The van der Waals surface area contributed by atoms with Crippen LogP contribution in [0.3, 0.4) is 0 Å². The Morgan fingerprint density at radius 1 is 1.21 bits per heavy atom. The van der Waals surface area contributed by atoms with E-state index in [1.54, 1.807) is 27.7 Å².